The van der Waals surface area contributed by atoms with Crippen molar-refractivity contribution in [1.29, 1.82) is 0 Å². The van der Waals surface area contributed by atoms with Gasteiger partial charge in [0.1, 0.15) is 12.6 Å². The highest BCUT2D eigenvalue weighted by Gasteiger charge is 2.33. The molecule has 0 heterocycles. The third kappa shape index (κ3) is 8.09. The van der Waals surface area contributed by atoms with Crippen molar-refractivity contribution >= 4 is 27.5 Å². The Hall–Kier alpha value is -2.87. The molecule has 0 aromatic heterocycles. The topological polar surface area (TPSA) is 86.8 Å². The average molecular weight is 502 g/mol. The summed E-state index contributed by atoms with van der Waals surface area (Å²) in [7, 11) is -3.75. The number of nitrogens with zero attached hydrogens (tertiary/aromatic N) is 2. The summed E-state index contributed by atoms with van der Waals surface area (Å²) in [6.45, 7) is 11.2. The average Bonchev–Trinajstić information content (AvgIpc) is 2.76. The van der Waals surface area contributed by atoms with Crippen LogP contribution in [0.15, 0.2) is 48.5 Å². The molecule has 0 aliphatic rings. The lowest BCUT2D eigenvalue weighted by Crippen LogP contribution is -2.55. The van der Waals surface area contributed by atoms with Crippen molar-refractivity contribution in [2.45, 2.75) is 72.5 Å². The van der Waals surface area contributed by atoms with E-state index >= 15 is 0 Å². The van der Waals surface area contributed by atoms with Gasteiger partial charge in [-0.25, -0.2) is 8.42 Å². The van der Waals surface area contributed by atoms with Gasteiger partial charge in [0.15, 0.2) is 0 Å². The fourth-order valence-electron chi connectivity index (χ4n) is 3.91. The zero-order valence-corrected chi connectivity index (χ0v) is 22.8. The Balaban J connectivity index is 2.48. The molecule has 2 aromatic rings. The third-order valence-electron chi connectivity index (χ3n) is 5.68. The molecule has 7 nitrogen and oxygen atoms in total. The first-order chi connectivity index (χ1) is 16.3. The fraction of sp³-hybridized carbons (Fsp3) is 0.481. The molecule has 1 atom stereocenters. The minimum Gasteiger partial charge on any atom is -0.350 e. The summed E-state index contributed by atoms with van der Waals surface area (Å²) in [5.74, 6) is -0.696. The van der Waals surface area contributed by atoms with Crippen molar-refractivity contribution in [3.63, 3.8) is 0 Å². The van der Waals surface area contributed by atoms with E-state index in [1.165, 1.54) is 4.90 Å². The second-order valence-electron chi connectivity index (χ2n) is 9.92. The first-order valence-electron chi connectivity index (χ1n) is 12.0. The number of aryl methyl sites for hydroxylation is 2. The quantitative estimate of drug-likeness (QED) is 0.532. The number of amides is 2. The molecule has 2 rings (SSSR count). The lowest BCUT2D eigenvalue weighted by molar-refractivity contribution is -0.141. The van der Waals surface area contributed by atoms with Crippen LogP contribution in [0.1, 0.15) is 57.7 Å². The van der Waals surface area contributed by atoms with Gasteiger partial charge in [0, 0.05) is 12.1 Å². The second-order valence-corrected chi connectivity index (χ2v) is 11.8. The Kier molecular flexibility index (Phi) is 9.49. The monoisotopic (exact) mass is 501 g/mol. The number of hydrogen-bond donors (Lipinski definition) is 1. The van der Waals surface area contributed by atoms with E-state index in [1.54, 1.807) is 12.1 Å². The maximum absolute atomic E-state index is 13.8. The number of benzene rings is 2. The fourth-order valence-corrected chi connectivity index (χ4v) is 4.79. The standard InChI is InChI=1S/C27H39N3O4S/c1-8-22-12-10-11-13-24(22)30(35(7,33)34)19-25(31)29(18-21-16-14-20(3)15-17-21)23(9-2)26(32)28-27(4,5)6/h10-17,23H,8-9,18-19H2,1-7H3,(H,28,32). The summed E-state index contributed by atoms with van der Waals surface area (Å²) in [5, 5.41) is 2.97. The molecule has 2 amide bonds. The first kappa shape index (κ1) is 28.4. The maximum atomic E-state index is 13.8. The van der Waals surface area contributed by atoms with Gasteiger partial charge in [-0.2, -0.15) is 0 Å². The Bertz CT molecular complexity index is 1120. The molecule has 0 saturated heterocycles. The predicted molar refractivity (Wildman–Crippen MR) is 142 cm³/mol. The molecule has 2 aromatic carbocycles. The van der Waals surface area contributed by atoms with Gasteiger partial charge in [-0.15, -0.1) is 0 Å². The Morgan fingerprint density at radius 2 is 1.60 bits per heavy atom. The molecule has 35 heavy (non-hydrogen) atoms. The van der Waals surface area contributed by atoms with Gasteiger partial charge in [-0.3, -0.25) is 13.9 Å². The van der Waals surface area contributed by atoms with Crippen LogP contribution in [0.5, 0.6) is 0 Å². The van der Waals surface area contributed by atoms with Gasteiger partial charge >= 0.3 is 0 Å². The molecule has 0 saturated carbocycles. The normalized spacial score (nSPS) is 12.7. The number of rotatable bonds is 10. The van der Waals surface area contributed by atoms with Crippen LogP contribution in [0, 0.1) is 6.92 Å². The van der Waals surface area contributed by atoms with E-state index in [1.807, 2.05) is 77.9 Å². The maximum Gasteiger partial charge on any atom is 0.244 e. The summed E-state index contributed by atoms with van der Waals surface area (Å²) in [4.78, 5) is 28.4. The van der Waals surface area contributed by atoms with Gasteiger partial charge in [-0.05, 0) is 57.7 Å². The van der Waals surface area contributed by atoms with E-state index < -0.39 is 27.5 Å². The Morgan fingerprint density at radius 1 is 1.00 bits per heavy atom. The smallest absolute Gasteiger partial charge is 0.244 e. The Labute approximate surface area is 210 Å². The summed E-state index contributed by atoms with van der Waals surface area (Å²) in [6, 6.07) is 14.2. The molecule has 0 bridgehead atoms. The molecule has 1 N–H and O–H groups in total. The van der Waals surface area contributed by atoms with Crippen LogP contribution in [0.4, 0.5) is 5.69 Å². The van der Waals surface area contributed by atoms with Crippen LogP contribution in [0.3, 0.4) is 0 Å². The largest absolute Gasteiger partial charge is 0.350 e. The molecule has 0 radical (unpaired) electrons. The summed E-state index contributed by atoms with van der Waals surface area (Å²) in [5.41, 5.74) is 2.79. The first-order valence-corrected chi connectivity index (χ1v) is 13.8. The zero-order valence-electron chi connectivity index (χ0n) is 22.0. The summed E-state index contributed by atoms with van der Waals surface area (Å²) < 4.78 is 26.7. The van der Waals surface area contributed by atoms with Crippen LogP contribution in [-0.2, 0) is 32.6 Å². The molecule has 8 heteroatoms. The predicted octanol–water partition coefficient (Wildman–Crippen LogP) is 4.05. The highest BCUT2D eigenvalue weighted by Crippen LogP contribution is 2.24. The number of hydrogen-bond acceptors (Lipinski definition) is 4. The lowest BCUT2D eigenvalue weighted by atomic mass is 10.1. The number of carbonyl (C=O) groups excluding carboxylic acids is 2. The SMILES string of the molecule is CCc1ccccc1N(CC(=O)N(Cc1ccc(C)cc1)C(CC)C(=O)NC(C)(C)C)S(C)(=O)=O. The number of para-hydroxylation sites is 1. The van der Waals surface area contributed by atoms with Crippen LogP contribution < -0.4 is 9.62 Å². The van der Waals surface area contributed by atoms with Gasteiger partial charge < -0.3 is 10.2 Å². The van der Waals surface area contributed by atoms with Crippen molar-refractivity contribution in [2.24, 2.45) is 0 Å². The van der Waals surface area contributed by atoms with Crippen molar-refractivity contribution in [1.82, 2.24) is 10.2 Å². The molecule has 0 aliphatic heterocycles. The molecule has 0 fully saturated rings. The summed E-state index contributed by atoms with van der Waals surface area (Å²) in [6.07, 6.45) is 2.11. The number of carbonyl (C=O) groups is 2. The van der Waals surface area contributed by atoms with Crippen LogP contribution in [-0.4, -0.2) is 49.5 Å². The van der Waals surface area contributed by atoms with E-state index in [2.05, 4.69) is 5.32 Å². The molecule has 0 spiro atoms. The lowest BCUT2D eigenvalue weighted by Gasteiger charge is -2.34. The number of anilines is 1. The Morgan fingerprint density at radius 3 is 2.11 bits per heavy atom. The molecular formula is C27H39N3O4S. The van der Waals surface area contributed by atoms with E-state index in [4.69, 9.17) is 0 Å². The van der Waals surface area contributed by atoms with Crippen molar-refractivity contribution in [2.75, 3.05) is 17.1 Å². The van der Waals surface area contributed by atoms with Crippen LogP contribution in [0.2, 0.25) is 0 Å². The molecule has 0 aliphatic carbocycles. The van der Waals surface area contributed by atoms with Gasteiger partial charge in [-0.1, -0.05) is 61.9 Å². The van der Waals surface area contributed by atoms with Gasteiger partial charge in [0.05, 0.1) is 11.9 Å². The molecule has 1 unspecified atom stereocenters. The van der Waals surface area contributed by atoms with E-state index in [-0.39, 0.29) is 19.0 Å². The highest BCUT2D eigenvalue weighted by atomic mass is 32.2. The van der Waals surface area contributed by atoms with Gasteiger partial charge in [0.2, 0.25) is 21.8 Å². The van der Waals surface area contributed by atoms with Crippen LogP contribution in [0.25, 0.3) is 0 Å². The van der Waals surface area contributed by atoms with Gasteiger partial charge in [0.25, 0.3) is 0 Å². The summed E-state index contributed by atoms with van der Waals surface area (Å²) >= 11 is 0. The minimum absolute atomic E-state index is 0.197. The van der Waals surface area contributed by atoms with Crippen molar-refractivity contribution < 1.29 is 18.0 Å². The van der Waals surface area contributed by atoms with E-state index in [9.17, 15) is 18.0 Å². The van der Waals surface area contributed by atoms with Crippen molar-refractivity contribution in [3.8, 4) is 0 Å². The molecular weight excluding hydrogens is 462 g/mol. The number of nitrogens with one attached hydrogen (secondary N) is 1. The third-order valence-corrected chi connectivity index (χ3v) is 6.80. The molecule has 192 valence electrons. The van der Waals surface area contributed by atoms with Crippen LogP contribution >= 0.6 is 0 Å². The second kappa shape index (κ2) is 11.7. The van der Waals surface area contributed by atoms with E-state index in [0.717, 1.165) is 27.3 Å². The zero-order chi connectivity index (χ0) is 26.4. The highest BCUT2D eigenvalue weighted by molar-refractivity contribution is 7.92. The minimum atomic E-state index is -3.75. The van der Waals surface area contributed by atoms with Crippen molar-refractivity contribution in [3.05, 3.63) is 65.2 Å². The number of sulfonamides is 1. The van der Waals surface area contributed by atoms with E-state index in [0.29, 0.717) is 18.5 Å².